The predicted octanol–water partition coefficient (Wildman–Crippen LogP) is 3.30. The van der Waals surface area contributed by atoms with Crippen molar-refractivity contribution in [2.75, 3.05) is 5.32 Å². The minimum Gasteiger partial charge on any atom is -0.478 e. The topological polar surface area (TPSA) is 90.2 Å². The second-order valence-electron chi connectivity index (χ2n) is 4.47. The molecule has 5 nitrogen and oxygen atoms in total. The molecule has 1 amide bonds. The molecule has 0 aliphatic heterocycles. The number of anilines is 1. The number of thiophene rings is 1. The van der Waals surface area contributed by atoms with Crippen LogP contribution in [0.1, 0.15) is 20.8 Å². The Kier molecular flexibility index (Phi) is 4.71. The molecule has 0 atom stereocenters. The highest BCUT2D eigenvalue weighted by Gasteiger charge is 2.11. The van der Waals surface area contributed by atoms with Crippen molar-refractivity contribution in [1.29, 1.82) is 5.26 Å². The van der Waals surface area contributed by atoms with E-state index in [1.807, 2.05) is 24.4 Å². The first kappa shape index (κ1) is 15.5. The van der Waals surface area contributed by atoms with Gasteiger partial charge in [0.1, 0.15) is 11.6 Å². The minimum absolute atomic E-state index is 0.00661. The first-order chi connectivity index (χ1) is 10.5. The summed E-state index contributed by atoms with van der Waals surface area (Å²) in [6, 6.07) is 9.52. The van der Waals surface area contributed by atoms with E-state index in [0.717, 1.165) is 10.4 Å². The Bertz CT molecular complexity index is 782. The van der Waals surface area contributed by atoms with Gasteiger partial charge in [0.2, 0.25) is 0 Å². The Morgan fingerprint density at radius 2 is 1.95 bits per heavy atom. The molecule has 0 saturated heterocycles. The van der Waals surface area contributed by atoms with Crippen molar-refractivity contribution in [1.82, 2.24) is 0 Å². The van der Waals surface area contributed by atoms with Crippen molar-refractivity contribution < 1.29 is 14.7 Å². The largest absolute Gasteiger partial charge is 0.478 e. The molecule has 1 aromatic carbocycles. The molecule has 1 heterocycles. The third kappa shape index (κ3) is 3.59. The molecule has 0 fully saturated rings. The van der Waals surface area contributed by atoms with Crippen molar-refractivity contribution in [3.05, 3.63) is 57.3 Å². The Labute approximate surface area is 131 Å². The lowest BCUT2D eigenvalue weighted by atomic mass is 10.1. The molecule has 0 radical (unpaired) electrons. The third-order valence-electron chi connectivity index (χ3n) is 2.93. The number of carbonyl (C=O) groups excluding carboxylic acids is 1. The number of benzene rings is 1. The van der Waals surface area contributed by atoms with Crippen LogP contribution in [0, 0.1) is 18.3 Å². The molecular weight excluding hydrogens is 300 g/mol. The first-order valence-corrected chi connectivity index (χ1v) is 7.20. The van der Waals surface area contributed by atoms with Gasteiger partial charge in [0.25, 0.3) is 5.91 Å². The number of aryl methyl sites for hydroxylation is 1. The number of hydrogen-bond acceptors (Lipinski definition) is 4. The Morgan fingerprint density at radius 1 is 1.27 bits per heavy atom. The first-order valence-electron chi connectivity index (χ1n) is 6.32. The van der Waals surface area contributed by atoms with Crippen LogP contribution in [0.25, 0.3) is 6.08 Å². The lowest BCUT2D eigenvalue weighted by molar-refractivity contribution is -0.112. The van der Waals surface area contributed by atoms with Gasteiger partial charge in [0, 0.05) is 10.6 Å². The predicted molar refractivity (Wildman–Crippen MR) is 84.7 cm³/mol. The fourth-order valence-electron chi connectivity index (χ4n) is 1.71. The van der Waals surface area contributed by atoms with E-state index in [-0.39, 0.29) is 11.1 Å². The SMILES string of the molecule is Cc1ccsc1/C=C(\C#N)C(=O)Nc1ccc(C(=O)O)cc1. The van der Waals surface area contributed by atoms with E-state index in [0.29, 0.717) is 5.69 Å². The molecule has 2 aromatic rings. The number of nitrogens with one attached hydrogen (secondary N) is 1. The van der Waals surface area contributed by atoms with Crippen LogP contribution in [-0.4, -0.2) is 17.0 Å². The number of carboxylic acids is 1. The van der Waals surface area contributed by atoms with Crippen LogP contribution in [0.15, 0.2) is 41.3 Å². The quantitative estimate of drug-likeness (QED) is 0.669. The van der Waals surface area contributed by atoms with Crippen molar-refractivity contribution in [2.45, 2.75) is 6.92 Å². The fourth-order valence-corrected chi connectivity index (χ4v) is 2.57. The van der Waals surface area contributed by atoms with E-state index in [1.165, 1.54) is 35.6 Å². The van der Waals surface area contributed by atoms with Gasteiger partial charge in [-0.1, -0.05) is 0 Å². The summed E-state index contributed by atoms with van der Waals surface area (Å²) in [5.74, 6) is -1.57. The normalized spacial score (nSPS) is 10.8. The molecule has 110 valence electrons. The summed E-state index contributed by atoms with van der Waals surface area (Å²) >= 11 is 1.45. The maximum atomic E-state index is 12.1. The van der Waals surface area contributed by atoms with Gasteiger partial charge >= 0.3 is 5.97 Å². The highest BCUT2D eigenvalue weighted by molar-refractivity contribution is 7.11. The van der Waals surface area contributed by atoms with Crippen LogP contribution >= 0.6 is 11.3 Å². The van der Waals surface area contributed by atoms with Gasteiger partial charge in [-0.2, -0.15) is 5.26 Å². The van der Waals surface area contributed by atoms with E-state index in [9.17, 15) is 9.59 Å². The second kappa shape index (κ2) is 6.70. The van der Waals surface area contributed by atoms with E-state index < -0.39 is 11.9 Å². The van der Waals surface area contributed by atoms with E-state index in [4.69, 9.17) is 10.4 Å². The standard InChI is InChI=1S/C16H12N2O3S/c1-10-6-7-22-14(10)8-12(9-17)15(19)18-13-4-2-11(3-5-13)16(20)21/h2-8H,1H3,(H,18,19)(H,20,21)/b12-8+. The van der Waals surface area contributed by atoms with Crippen LogP contribution in [0.3, 0.4) is 0 Å². The number of aromatic carboxylic acids is 1. The van der Waals surface area contributed by atoms with E-state index >= 15 is 0 Å². The summed E-state index contributed by atoms with van der Waals surface area (Å²) in [6.45, 7) is 1.90. The lowest BCUT2D eigenvalue weighted by Crippen LogP contribution is -2.13. The zero-order valence-electron chi connectivity index (χ0n) is 11.7. The van der Waals surface area contributed by atoms with Crippen molar-refractivity contribution >= 4 is 35.0 Å². The van der Waals surface area contributed by atoms with E-state index in [1.54, 1.807) is 6.08 Å². The molecule has 2 rings (SSSR count). The Hall–Kier alpha value is -2.91. The number of amides is 1. The maximum Gasteiger partial charge on any atom is 0.335 e. The summed E-state index contributed by atoms with van der Waals surface area (Å²) in [7, 11) is 0. The Balaban J connectivity index is 2.16. The molecule has 2 N–H and O–H groups in total. The van der Waals surface area contributed by atoms with Crippen LogP contribution in [0.4, 0.5) is 5.69 Å². The zero-order valence-corrected chi connectivity index (χ0v) is 12.5. The lowest BCUT2D eigenvalue weighted by Gasteiger charge is -2.04. The molecule has 0 unspecified atom stereocenters. The molecule has 0 bridgehead atoms. The number of carboxylic acid groups (broad SMARTS) is 1. The van der Waals surface area contributed by atoms with Crippen LogP contribution in [0.2, 0.25) is 0 Å². The number of nitriles is 1. The molecule has 22 heavy (non-hydrogen) atoms. The minimum atomic E-state index is -1.04. The van der Waals surface area contributed by atoms with Gasteiger partial charge in [-0.3, -0.25) is 4.79 Å². The van der Waals surface area contributed by atoms with Gasteiger partial charge in [-0.15, -0.1) is 11.3 Å². The molecule has 0 spiro atoms. The van der Waals surface area contributed by atoms with Gasteiger partial charge in [-0.25, -0.2) is 4.79 Å². The fraction of sp³-hybridized carbons (Fsp3) is 0.0625. The van der Waals surface area contributed by atoms with E-state index in [2.05, 4.69) is 5.32 Å². The molecule has 0 aliphatic carbocycles. The molecule has 6 heteroatoms. The van der Waals surface area contributed by atoms with Gasteiger partial charge in [0.15, 0.2) is 0 Å². The van der Waals surface area contributed by atoms with Gasteiger partial charge < -0.3 is 10.4 Å². The highest BCUT2D eigenvalue weighted by Crippen LogP contribution is 2.19. The van der Waals surface area contributed by atoms with Crippen LogP contribution < -0.4 is 5.32 Å². The summed E-state index contributed by atoms with van der Waals surface area (Å²) < 4.78 is 0. The number of nitrogens with zero attached hydrogens (tertiary/aromatic N) is 1. The summed E-state index contributed by atoms with van der Waals surface area (Å²) in [5.41, 5.74) is 1.55. The van der Waals surface area contributed by atoms with Crippen LogP contribution in [0.5, 0.6) is 0 Å². The smallest absolute Gasteiger partial charge is 0.335 e. The number of rotatable bonds is 4. The highest BCUT2D eigenvalue weighted by atomic mass is 32.1. The van der Waals surface area contributed by atoms with Crippen molar-refractivity contribution in [3.8, 4) is 6.07 Å². The number of hydrogen-bond donors (Lipinski definition) is 2. The molecule has 0 aliphatic rings. The Morgan fingerprint density at radius 3 is 2.45 bits per heavy atom. The monoisotopic (exact) mass is 312 g/mol. The average Bonchev–Trinajstić information content (AvgIpc) is 2.90. The third-order valence-corrected chi connectivity index (χ3v) is 3.90. The van der Waals surface area contributed by atoms with Crippen molar-refractivity contribution in [3.63, 3.8) is 0 Å². The summed E-state index contributed by atoms with van der Waals surface area (Å²) in [6.07, 6.45) is 1.54. The molecule has 1 aromatic heterocycles. The van der Waals surface area contributed by atoms with Gasteiger partial charge in [-0.05, 0) is 54.3 Å². The summed E-state index contributed by atoms with van der Waals surface area (Å²) in [4.78, 5) is 23.7. The molecule has 0 saturated carbocycles. The zero-order chi connectivity index (χ0) is 16.1. The maximum absolute atomic E-state index is 12.1. The number of carbonyl (C=O) groups is 2. The average molecular weight is 312 g/mol. The molecular formula is C16H12N2O3S. The van der Waals surface area contributed by atoms with Crippen molar-refractivity contribution in [2.24, 2.45) is 0 Å². The van der Waals surface area contributed by atoms with Gasteiger partial charge in [0.05, 0.1) is 5.56 Å². The van der Waals surface area contributed by atoms with Crippen LogP contribution in [-0.2, 0) is 4.79 Å². The summed E-state index contributed by atoms with van der Waals surface area (Å²) in [5, 5.41) is 22.4. The second-order valence-corrected chi connectivity index (χ2v) is 5.42.